The lowest BCUT2D eigenvalue weighted by atomic mass is 9.91. The molecule has 144 valence electrons. The molecule has 3 rings (SSSR count). The van der Waals surface area contributed by atoms with Crippen LogP contribution in [0.5, 0.6) is 0 Å². The summed E-state index contributed by atoms with van der Waals surface area (Å²) >= 11 is 6.22. The zero-order valence-corrected chi connectivity index (χ0v) is 16.7. The maximum atomic E-state index is 11.6. The number of hydrogen-bond donors (Lipinski definition) is 2. The van der Waals surface area contributed by atoms with E-state index in [0.717, 1.165) is 22.5 Å². The first-order chi connectivity index (χ1) is 12.6. The average Bonchev–Trinajstić information content (AvgIpc) is 3.00. The van der Waals surface area contributed by atoms with Crippen LogP contribution < -0.4 is 5.32 Å². The zero-order chi connectivity index (χ0) is 18.9. The molecule has 4 nitrogen and oxygen atoms in total. The Morgan fingerprint density at radius 3 is 2.62 bits per heavy atom. The van der Waals surface area contributed by atoms with Crippen molar-refractivity contribution in [2.75, 3.05) is 11.9 Å². The fourth-order valence-corrected chi connectivity index (χ4v) is 3.65. The molecule has 0 saturated heterocycles. The number of amides is 1. The van der Waals surface area contributed by atoms with Crippen molar-refractivity contribution in [3.63, 3.8) is 0 Å². The lowest BCUT2D eigenvalue weighted by Gasteiger charge is -2.15. The van der Waals surface area contributed by atoms with Crippen molar-refractivity contribution < 1.29 is 9.90 Å². The van der Waals surface area contributed by atoms with Gasteiger partial charge in [0.05, 0.1) is 16.2 Å². The second kappa shape index (κ2) is 10.6. The van der Waals surface area contributed by atoms with Crippen molar-refractivity contribution in [3.05, 3.63) is 29.4 Å². The maximum Gasteiger partial charge on any atom is 0.224 e. The third kappa shape index (κ3) is 5.75. The van der Waals surface area contributed by atoms with E-state index in [0.29, 0.717) is 24.4 Å². The Morgan fingerprint density at radius 1 is 1.31 bits per heavy atom. The number of aromatic nitrogens is 1. The number of rotatable bonds is 5. The van der Waals surface area contributed by atoms with Gasteiger partial charge in [0.15, 0.2) is 0 Å². The van der Waals surface area contributed by atoms with E-state index in [9.17, 15) is 4.79 Å². The summed E-state index contributed by atoms with van der Waals surface area (Å²) in [7, 11) is 0. The smallest absolute Gasteiger partial charge is 0.224 e. The number of aliphatic hydroxyl groups excluding tert-OH is 1. The van der Waals surface area contributed by atoms with Gasteiger partial charge in [-0.05, 0) is 24.5 Å². The number of carbonyl (C=O) groups excluding carboxylic acids is 1. The van der Waals surface area contributed by atoms with E-state index in [1.54, 1.807) is 0 Å². The minimum absolute atomic E-state index is 0.0406. The van der Waals surface area contributed by atoms with Crippen LogP contribution in [0.1, 0.15) is 58.8 Å². The van der Waals surface area contributed by atoms with Gasteiger partial charge in [0, 0.05) is 31.2 Å². The number of nitrogens with zero attached hydrogens (tertiary/aromatic N) is 1. The van der Waals surface area contributed by atoms with E-state index < -0.39 is 0 Å². The summed E-state index contributed by atoms with van der Waals surface area (Å²) in [6, 6.07) is 5.65. The molecule has 0 bridgehead atoms. The lowest BCUT2D eigenvalue weighted by Crippen LogP contribution is -2.09. The quantitative estimate of drug-likeness (QED) is 0.710. The molecule has 1 aliphatic rings. The maximum absolute atomic E-state index is 11.6. The van der Waals surface area contributed by atoms with E-state index in [-0.39, 0.29) is 12.5 Å². The largest absolute Gasteiger partial charge is 0.396 e. The van der Waals surface area contributed by atoms with Crippen LogP contribution >= 0.6 is 11.6 Å². The van der Waals surface area contributed by atoms with Crippen molar-refractivity contribution >= 4 is 34.1 Å². The van der Waals surface area contributed by atoms with Crippen LogP contribution in [0.15, 0.2) is 24.4 Å². The SMILES string of the molecule is CC1CCCCC1.CCC(=O)Nc1cn(CCCO)c2cccc(Cl)c12. The predicted octanol–water partition coefficient (Wildman–Crippen LogP) is 5.61. The van der Waals surface area contributed by atoms with Gasteiger partial charge in [-0.2, -0.15) is 0 Å². The van der Waals surface area contributed by atoms with Gasteiger partial charge in [0.1, 0.15) is 0 Å². The number of anilines is 1. The van der Waals surface area contributed by atoms with Gasteiger partial charge < -0.3 is 15.0 Å². The Kier molecular flexibility index (Phi) is 8.46. The molecule has 1 aliphatic carbocycles. The topological polar surface area (TPSA) is 54.3 Å². The molecule has 5 heteroatoms. The standard InChI is InChI=1S/C14H17ClN2O2.C7H14/c1-2-13(19)16-11-9-17(7-4-8-18)12-6-3-5-10(15)14(11)12;1-7-5-3-2-4-6-7/h3,5-6,9,18H,2,4,7-8H2,1H3,(H,16,19);7H,2-6H2,1H3. The molecule has 0 atom stereocenters. The third-order valence-electron chi connectivity index (χ3n) is 4.90. The summed E-state index contributed by atoms with van der Waals surface area (Å²) in [6.07, 6.45) is 10.4. The van der Waals surface area contributed by atoms with E-state index in [1.165, 1.54) is 32.1 Å². The molecule has 26 heavy (non-hydrogen) atoms. The molecular weight excluding hydrogens is 348 g/mol. The highest BCUT2D eigenvalue weighted by Gasteiger charge is 2.13. The van der Waals surface area contributed by atoms with Gasteiger partial charge in [-0.15, -0.1) is 0 Å². The van der Waals surface area contributed by atoms with Gasteiger partial charge >= 0.3 is 0 Å². The van der Waals surface area contributed by atoms with Gasteiger partial charge in [-0.25, -0.2) is 0 Å². The Morgan fingerprint density at radius 2 is 2.04 bits per heavy atom. The number of carbonyl (C=O) groups is 1. The van der Waals surface area contributed by atoms with E-state index in [4.69, 9.17) is 16.7 Å². The summed E-state index contributed by atoms with van der Waals surface area (Å²) < 4.78 is 2.00. The number of fused-ring (bicyclic) bond motifs is 1. The second-order valence-electron chi connectivity index (χ2n) is 7.09. The second-order valence-corrected chi connectivity index (χ2v) is 7.50. The predicted molar refractivity (Wildman–Crippen MR) is 110 cm³/mol. The minimum Gasteiger partial charge on any atom is -0.396 e. The van der Waals surface area contributed by atoms with Crippen molar-refractivity contribution in [2.24, 2.45) is 5.92 Å². The number of aliphatic hydroxyl groups is 1. The van der Waals surface area contributed by atoms with Gasteiger partial charge in [-0.1, -0.05) is 63.6 Å². The van der Waals surface area contributed by atoms with Crippen LogP contribution in [0.4, 0.5) is 5.69 Å². The Bertz CT molecular complexity index is 705. The number of benzene rings is 1. The van der Waals surface area contributed by atoms with Gasteiger partial charge in [-0.3, -0.25) is 4.79 Å². The highest BCUT2D eigenvalue weighted by atomic mass is 35.5. The molecule has 2 N–H and O–H groups in total. The average molecular weight is 379 g/mol. The molecule has 0 aliphatic heterocycles. The Labute approximate surface area is 161 Å². The first kappa shape index (κ1) is 20.8. The summed E-state index contributed by atoms with van der Waals surface area (Å²) in [5, 5.41) is 13.3. The normalized spacial score (nSPS) is 14.8. The molecule has 1 heterocycles. The van der Waals surface area contributed by atoms with Crippen LogP contribution in [0, 0.1) is 5.92 Å². The number of halogens is 1. The van der Waals surface area contributed by atoms with Crippen molar-refractivity contribution in [1.82, 2.24) is 4.57 Å². The Hall–Kier alpha value is -1.52. The third-order valence-corrected chi connectivity index (χ3v) is 5.22. The lowest BCUT2D eigenvalue weighted by molar-refractivity contribution is -0.115. The molecule has 1 aromatic carbocycles. The summed E-state index contributed by atoms with van der Waals surface area (Å²) in [5.41, 5.74) is 1.69. The fourth-order valence-electron chi connectivity index (χ4n) is 3.37. The van der Waals surface area contributed by atoms with E-state index >= 15 is 0 Å². The molecule has 1 saturated carbocycles. The van der Waals surface area contributed by atoms with Crippen molar-refractivity contribution in [3.8, 4) is 0 Å². The minimum atomic E-state index is -0.0406. The van der Waals surface area contributed by atoms with E-state index in [2.05, 4.69) is 12.2 Å². The molecule has 0 radical (unpaired) electrons. The van der Waals surface area contributed by atoms with Gasteiger partial charge in [0.25, 0.3) is 0 Å². The Balaban J connectivity index is 0.000000290. The van der Waals surface area contributed by atoms with Gasteiger partial charge in [0.2, 0.25) is 5.91 Å². The molecule has 1 amide bonds. The van der Waals surface area contributed by atoms with Crippen molar-refractivity contribution in [1.29, 1.82) is 0 Å². The van der Waals surface area contributed by atoms with E-state index in [1.807, 2.05) is 35.9 Å². The summed E-state index contributed by atoms with van der Waals surface area (Å²) in [6.45, 7) is 4.99. The van der Waals surface area contributed by atoms with Crippen LogP contribution in [0.3, 0.4) is 0 Å². The first-order valence-electron chi connectivity index (χ1n) is 9.74. The summed E-state index contributed by atoms with van der Waals surface area (Å²) in [5.74, 6) is 0.995. The zero-order valence-electron chi connectivity index (χ0n) is 15.9. The molecular formula is C21H31ClN2O2. The number of aryl methyl sites for hydroxylation is 1. The molecule has 0 unspecified atom stereocenters. The number of nitrogens with one attached hydrogen (secondary N) is 1. The summed E-state index contributed by atoms with van der Waals surface area (Å²) in [4.78, 5) is 11.6. The van der Waals surface area contributed by atoms with Crippen LogP contribution in [-0.4, -0.2) is 22.2 Å². The van der Waals surface area contributed by atoms with Crippen LogP contribution in [-0.2, 0) is 11.3 Å². The van der Waals surface area contributed by atoms with Crippen molar-refractivity contribution in [2.45, 2.75) is 65.3 Å². The monoisotopic (exact) mass is 378 g/mol. The molecule has 1 aromatic heterocycles. The first-order valence-corrected chi connectivity index (χ1v) is 10.1. The highest BCUT2D eigenvalue weighted by molar-refractivity contribution is 6.36. The highest BCUT2D eigenvalue weighted by Crippen LogP contribution is 2.32. The van der Waals surface area contributed by atoms with Crippen LogP contribution in [0.2, 0.25) is 5.02 Å². The molecule has 2 aromatic rings. The molecule has 1 fully saturated rings. The number of hydrogen-bond acceptors (Lipinski definition) is 2. The fraction of sp³-hybridized carbons (Fsp3) is 0.571. The van der Waals surface area contributed by atoms with Crippen LogP contribution in [0.25, 0.3) is 10.9 Å². The molecule has 0 spiro atoms.